The lowest BCUT2D eigenvalue weighted by Crippen LogP contribution is -2.19. The zero-order chi connectivity index (χ0) is 12.1. The quantitative estimate of drug-likeness (QED) is 0.856. The first-order valence-corrected chi connectivity index (χ1v) is 5.78. The molecule has 90 valence electrons. The molecule has 0 aliphatic carbocycles. The van der Waals surface area contributed by atoms with Gasteiger partial charge in [0.05, 0.1) is 6.04 Å². The maximum atomic E-state index is 5.23. The molecule has 5 nitrogen and oxygen atoms in total. The molecule has 5 heteroatoms. The molecule has 0 fully saturated rings. The summed E-state index contributed by atoms with van der Waals surface area (Å²) in [5.74, 6) is 1.19. The van der Waals surface area contributed by atoms with Crippen molar-refractivity contribution in [3.8, 4) is 11.4 Å². The van der Waals surface area contributed by atoms with Crippen LogP contribution in [0.1, 0.15) is 32.2 Å². The smallest absolute Gasteiger partial charge is 0.243 e. The first-order chi connectivity index (χ1) is 8.31. The van der Waals surface area contributed by atoms with E-state index in [2.05, 4.69) is 27.4 Å². The van der Waals surface area contributed by atoms with Gasteiger partial charge in [-0.3, -0.25) is 4.98 Å². The fourth-order valence-corrected chi connectivity index (χ4v) is 1.47. The first-order valence-electron chi connectivity index (χ1n) is 5.78. The largest absolute Gasteiger partial charge is 0.337 e. The maximum absolute atomic E-state index is 5.23. The van der Waals surface area contributed by atoms with Crippen LogP contribution in [0.25, 0.3) is 11.4 Å². The van der Waals surface area contributed by atoms with E-state index in [1.807, 2.05) is 19.1 Å². The van der Waals surface area contributed by atoms with Gasteiger partial charge in [-0.15, -0.1) is 0 Å². The second-order valence-corrected chi connectivity index (χ2v) is 3.87. The van der Waals surface area contributed by atoms with Gasteiger partial charge < -0.3 is 9.84 Å². The second kappa shape index (κ2) is 5.54. The molecule has 0 aliphatic heterocycles. The van der Waals surface area contributed by atoms with Gasteiger partial charge in [0.15, 0.2) is 0 Å². The molecule has 0 amide bonds. The number of nitrogens with zero attached hydrogens (tertiary/aromatic N) is 3. The molecule has 0 aliphatic rings. The van der Waals surface area contributed by atoms with Gasteiger partial charge >= 0.3 is 0 Å². The van der Waals surface area contributed by atoms with Gasteiger partial charge in [0.1, 0.15) is 0 Å². The van der Waals surface area contributed by atoms with E-state index in [-0.39, 0.29) is 6.04 Å². The van der Waals surface area contributed by atoms with E-state index in [0.717, 1.165) is 18.5 Å². The van der Waals surface area contributed by atoms with Crippen LogP contribution in [0.3, 0.4) is 0 Å². The fourth-order valence-electron chi connectivity index (χ4n) is 1.47. The number of nitrogens with one attached hydrogen (secondary N) is 1. The van der Waals surface area contributed by atoms with Crippen molar-refractivity contribution in [2.24, 2.45) is 0 Å². The van der Waals surface area contributed by atoms with Gasteiger partial charge in [0.25, 0.3) is 0 Å². The normalized spacial score (nSPS) is 12.6. The van der Waals surface area contributed by atoms with Crippen molar-refractivity contribution in [1.29, 1.82) is 0 Å². The van der Waals surface area contributed by atoms with Gasteiger partial charge in [0.2, 0.25) is 11.7 Å². The Balaban J connectivity index is 2.11. The van der Waals surface area contributed by atoms with E-state index in [1.54, 1.807) is 12.4 Å². The standard InChI is InChI=1S/C12H16N4O/c1-3-6-14-9(2)12-15-11(16-17-12)10-5-4-7-13-8-10/h4-5,7-9,14H,3,6H2,1-2H3. The van der Waals surface area contributed by atoms with Crippen LogP contribution in [0.15, 0.2) is 29.0 Å². The van der Waals surface area contributed by atoms with E-state index < -0.39 is 0 Å². The number of pyridine rings is 1. The Bertz CT molecular complexity index is 455. The molecule has 0 spiro atoms. The Kier molecular flexibility index (Phi) is 3.82. The lowest BCUT2D eigenvalue weighted by atomic mass is 10.3. The van der Waals surface area contributed by atoms with Gasteiger partial charge in [-0.2, -0.15) is 4.98 Å². The van der Waals surface area contributed by atoms with Crippen molar-refractivity contribution in [2.75, 3.05) is 6.54 Å². The van der Waals surface area contributed by atoms with Crippen molar-refractivity contribution < 1.29 is 4.52 Å². The molecule has 0 saturated carbocycles. The SMILES string of the molecule is CCCNC(C)c1nc(-c2cccnc2)no1. The Hall–Kier alpha value is -1.75. The number of rotatable bonds is 5. The lowest BCUT2D eigenvalue weighted by Gasteiger charge is -2.06. The fraction of sp³-hybridized carbons (Fsp3) is 0.417. The summed E-state index contributed by atoms with van der Waals surface area (Å²) in [5.41, 5.74) is 0.866. The van der Waals surface area contributed by atoms with Crippen LogP contribution < -0.4 is 5.32 Å². The molecule has 2 heterocycles. The van der Waals surface area contributed by atoms with Crippen molar-refractivity contribution in [3.63, 3.8) is 0 Å². The molecule has 1 N–H and O–H groups in total. The average Bonchev–Trinajstić information content (AvgIpc) is 2.86. The van der Waals surface area contributed by atoms with Gasteiger partial charge in [-0.05, 0) is 32.0 Å². The van der Waals surface area contributed by atoms with Crippen LogP contribution in [0, 0.1) is 0 Å². The molecule has 1 atom stereocenters. The van der Waals surface area contributed by atoms with E-state index in [1.165, 1.54) is 0 Å². The van der Waals surface area contributed by atoms with Crippen LogP contribution in [-0.4, -0.2) is 21.7 Å². The minimum absolute atomic E-state index is 0.0767. The molecule has 0 radical (unpaired) electrons. The van der Waals surface area contributed by atoms with Crippen molar-refractivity contribution in [3.05, 3.63) is 30.4 Å². The Morgan fingerprint density at radius 3 is 3.06 bits per heavy atom. The van der Waals surface area contributed by atoms with Crippen LogP contribution in [0.2, 0.25) is 0 Å². The zero-order valence-electron chi connectivity index (χ0n) is 10.1. The summed E-state index contributed by atoms with van der Waals surface area (Å²) in [5, 5.41) is 7.25. The van der Waals surface area contributed by atoms with Crippen LogP contribution >= 0.6 is 0 Å². The summed E-state index contributed by atoms with van der Waals surface area (Å²) in [6, 6.07) is 3.84. The molecule has 17 heavy (non-hydrogen) atoms. The highest BCUT2D eigenvalue weighted by Crippen LogP contribution is 2.17. The van der Waals surface area contributed by atoms with E-state index >= 15 is 0 Å². The van der Waals surface area contributed by atoms with E-state index in [4.69, 9.17) is 4.52 Å². The minimum atomic E-state index is 0.0767. The van der Waals surface area contributed by atoms with Crippen LogP contribution in [0.5, 0.6) is 0 Å². The third-order valence-electron chi connectivity index (χ3n) is 2.43. The monoisotopic (exact) mass is 232 g/mol. The Morgan fingerprint density at radius 2 is 2.35 bits per heavy atom. The third-order valence-corrected chi connectivity index (χ3v) is 2.43. The second-order valence-electron chi connectivity index (χ2n) is 3.87. The van der Waals surface area contributed by atoms with Crippen molar-refractivity contribution in [2.45, 2.75) is 26.3 Å². The minimum Gasteiger partial charge on any atom is -0.337 e. The van der Waals surface area contributed by atoms with Gasteiger partial charge in [0, 0.05) is 18.0 Å². The third kappa shape index (κ3) is 2.88. The molecule has 0 bridgehead atoms. The average molecular weight is 232 g/mol. The highest BCUT2D eigenvalue weighted by Gasteiger charge is 2.14. The van der Waals surface area contributed by atoms with Crippen molar-refractivity contribution in [1.82, 2.24) is 20.4 Å². The highest BCUT2D eigenvalue weighted by atomic mass is 16.5. The molecular formula is C12H16N4O. The van der Waals surface area contributed by atoms with Gasteiger partial charge in [-0.25, -0.2) is 0 Å². The lowest BCUT2D eigenvalue weighted by molar-refractivity contribution is 0.340. The Morgan fingerprint density at radius 1 is 1.47 bits per heavy atom. The summed E-state index contributed by atoms with van der Waals surface area (Å²) in [6.45, 7) is 5.07. The topological polar surface area (TPSA) is 63.8 Å². The summed E-state index contributed by atoms with van der Waals surface area (Å²) >= 11 is 0. The number of hydrogen-bond donors (Lipinski definition) is 1. The zero-order valence-corrected chi connectivity index (χ0v) is 10.1. The first kappa shape index (κ1) is 11.7. The summed E-state index contributed by atoms with van der Waals surface area (Å²) in [4.78, 5) is 8.38. The van der Waals surface area contributed by atoms with Crippen LogP contribution in [0.4, 0.5) is 0 Å². The number of aromatic nitrogens is 3. The summed E-state index contributed by atoms with van der Waals surface area (Å²) in [7, 11) is 0. The molecular weight excluding hydrogens is 216 g/mol. The van der Waals surface area contributed by atoms with Crippen LogP contribution in [-0.2, 0) is 0 Å². The van der Waals surface area contributed by atoms with Gasteiger partial charge in [-0.1, -0.05) is 12.1 Å². The Labute approximate surface area is 100 Å². The predicted molar refractivity (Wildman–Crippen MR) is 64.2 cm³/mol. The number of hydrogen-bond acceptors (Lipinski definition) is 5. The molecule has 2 aromatic heterocycles. The summed E-state index contributed by atoms with van der Waals surface area (Å²) in [6.07, 6.45) is 4.52. The van der Waals surface area contributed by atoms with E-state index in [0.29, 0.717) is 11.7 Å². The molecule has 1 unspecified atom stereocenters. The maximum Gasteiger partial charge on any atom is 0.243 e. The molecule has 2 rings (SSSR count). The van der Waals surface area contributed by atoms with Crippen molar-refractivity contribution >= 4 is 0 Å². The predicted octanol–water partition coefficient (Wildman–Crippen LogP) is 2.19. The molecule has 0 saturated heterocycles. The molecule has 0 aromatic carbocycles. The van der Waals surface area contributed by atoms with E-state index in [9.17, 15) is 0 Å². The summed E-state index contributed by atoms with van der Waals surface area (Å²) < 4.78 is 5.23. The molecule has 2 aromatic rings. The highest BCUT2D eigenvalue weighted by molar-refractivity contribution is 5.51.